The number of carboxylic acids is 1. The summed E-state index contributed by atoms with van der Waals surface area (Å²) in [6.45, 7) is 4.89. The zero-order valence-corrected chi connectivity index (χ0v) is 15.5. The Kier molecular flexibility index (Phi) is 3.80. The lowest BCUT2D eigenvalue weighted by Gasteiger charge is -2.35. The van der Waals surface area contributed by atoms with Gasteiger partial charge in [-0.3, -0.25) is 14.4 Å². The van der Waals surface area contributed by atoms with Gasteiger partial charge in [-0.1, -0.05) is 29.8 Å². The maximum Gasteiger partial charge on any atom is 0.307 e. The molecule has 6 heteroatoms. The summed E-state index contributed by atoms with van der Waals surface area (Å²) >= 11 is 0. The summed E-state index contributed by atoms with van der Waals surface area (Å²) in [4.78, 5) is 40.6. The highest BCUT2D eigenvalue weighted by Crippen LogP contribution is 2.49. The molecule has 0 unspecified atom stereocenters. The zero-order chi connectivity index (χ0) is 19.5. The molecule has 0 aromatic heterocycles. The first-order chi connectivity index (χ1) is 12.8. The molecule has 0 radical (unpaired) electrons. The number of anilines is 2. The minimum Gasteiger partial charge on any atom is -0.481 e. The van der Waals surface area contributed by atoms with E-state index >= 15 is 0 Å². The Morgan fingerprint density at radius 2 is 1.70 bits per heavy atom. The van der Waals surface area contributed by atoms with E-state index in [0.717, 1.165) is 22.4 Å². The van der Waals surface area contributed by atoms with Crippen LogP contribution in [0.2, 0.25) is 0 Å². The molecule has 0 spiro atoms. The fourth-order valence-electron chi connectivity index (χ4n) is 4.16. The summed E-state index contributed by atoms with van der Waals surface area (Å²) < 4.78 is 0. The SMILES string of the molecule is Cc1ccc(-c2c(CC(=O)O)c(C)c3c4c2C(=O)C(=O)N4CCN3C)cc1. The van der Waals surface area contributed by atoms with E-state index in [1.54, 1.807) is 4.90 Å². The number of nitrogens with zero attached hydrogens (tertiary/aromatic N) is 2. The van der Waals surface area contributed by atoms with Crippen molar-refractivity contribution >= 4 is 29.0 Å². The molecule has 1 N–H and O–H groups in total. The number of carboxylic acid groups (broad SMARTS) is 1. The van der Waals surface area contributed by atoms with Gasteiger partial charge in [-0.15, -0.1) is 0 Å². The van der Waals surface area contributed by atoms with Crippen LogP contribution in [-0.4, -0.2) is 42.9 Å². The van der Waals surface area contributed by atoms with Gasteiger partial charge in [0.1, 0.15) is 0 Å². The first-order valence-electron chi connectivity index (χ1n) is 8.86. The van der Waals surface area contributed by atoms with E-state index in [2.05, 4.69) is 0 Å². The van der Waals surface area contributed by atoms with Crippen molar-refractivity contribution in [2.75, 3.05) is 29.9 Å². The highest BCUT2D eigenvalue weighted by molar-refractivity contribution is 6.54. The van der Waals surface area contributed by atoms with E-state index in [-0.39, 0.29) is 6.42 Å². The molecule has 27 heavy (non-hydrogen) atoms. The molecule has 0 saturated carbocycles. The first-order valence-corrected chi connectivity index (χ1v) is 8.86. The summed E-state index contributed by atoms with van der Waals surface area (Å²) in [5.74, 6) is -2.05. The summed E-state index contributed by atoms with van der Waals surface area (Å²) in [5, 5.41) is 9.49. The normalized spacial score (nSPS) is 15.4. The molecule has 0 saturated heterocycles. The lowest BCUT2D eigenvalue weighted by molar-refractivity contribution is -0.136. The number of hydrogen-bond donors (Lipinski definition) is 1. The van der Waals surface area contributed by atoms with E-state index < -0.39 is 17.7 Å². The molecule has 4 rings (SSSR count). The average molecular weight is 364 g/mol. The van der Waals surface area contributed by atoms with Crippen LogP contribution in [0.15, 0.2) is 24.3 Å². The molecule has 2 aliphatic rings. The molecule has 0 aliphatic carbocycles. The summed E-state index contributed by atoms with van der Waals surface area (Å²) in [5.41, 5.74) is 5.54. The van der Waals surface area contributed by atoms with E-state index in [4.69, 9.17) is 0 Å². The van der Waals surface area contributed by atoms with Crippen LogP contribution in [0.25, 0.3) is 11.1 Å². The van der Waals surface area contributed by atoms with Crippen LogP contribution in [-0.2, 0) is 16.0 Å². The third kappa shape index (κ3) is 2.44. The van der Waals surface area contributed by atoms with Gasteiger partial charge < -0.3 is 14.9 Å². The van der Waals surface area contributed by atoms with Gasteiger partial charge >= 0.3 is 5.97 Å². The number of benzene rings is 2. The molecule has 0 fully saturated rings. The van der Waals surface area contributed by atoms with E-state index in [9.17, 15) is 19.5 Å². The number of ketones is 1. The number of aliphatic carboxylic acids is 1. The lowest BCUT2D eigenvalue weighted by atomic mass is 9.85. The first kappa shape index (κ1) is 17.3. The number of hydrogen-bond acceptors (Lipinski definition) is 4. The third-order valence-electron chi connectivity index (χ3n) is 5.47. The van der Waals surface area contributed by atoms with Crippen LogP contribution in [0.4, 0.5) is 11.4 Å². The van der Waals surface area contributed by atoms with Crippen molar-refractivity contribution in [3.8, 4) is 11.1 Å². The molecular formula is C21H20N2O4. The largest absolute Gasteiger partial charge is 0.481 e. The lowest BCUT2D eigenvalue weighted by Crippen LogP contribution is -2.41. The van der Waals surface area contributed by atoms with Gasteiger partial charge in [0.15, 0.2) is 0 Å². The fraction of sp³-hybridized carbons (Fsp3) is 0.286. The number of Topliss-reactive ketones (excluding diaryl/α,β-unsaturated/α-hetero) is 1. The van der Waals surface area contributed by atoms with Crippen molar-refractivity contribution < 1.29 is 19.5 Å². The number of aryl methyl sites for hydroxylation is 1. The highest BCUT2D eigenvalue weighted by atomic mass is 16.4. The molecule has 2 aromatic rings. The Morgan fingerprint density at radius 1 is 1.04 bits per heavy atom. The maximum absolute atomic E-state index is 12.9. The zero-order valence-electron chi connectivity index (χ0n) is 15.5. The second-order valence-electron chi connectivity index (χ2n) is 7.19. The molecule has 2 aliphatic heterocycles. The predicted molar refractivity (Wildman–Crippen MR) is 103 cm³/mol. The highest BCUT2D eigenvalue weighted by Gasteiger charge is 2.44. The van der Waals surface area contributed by atoms with Crippen LogP contribution in [0.1, 0.15) is 27.0 Å². The van der Waals surface area contributed by atoms with Crippen LogP contribution < -0.4 is 9.80 Å². The fourth-order valence-corrected chi connectivity index (χ4v) is 4.16. The van der Waals surface area contributed by atoms with Crippen molar-refractivity contribution in [3.63, 3.8) is 0 Å². The van der Waals surface area contributed by atoms with Gasteiger partial charge in [0, 0.05) is 20.1 Å². The van der Waals surface area contributed by atoms with Crippen LogP contribution in [0, 0.1) is 13.8 Å². The average Bonchev–Trinajstić information content (AvgIpc) is 2.86. The summed E-state index contributed by atoms with van der Waals surface area (Å²) in [6.07, 6.45) is -0.204. The molecule has 2 aromatic carbocycles. The van der Waals surface area contributed by atoms with Crippen LogP contribution >= 0.6 is 0 Å². The number of rotatable bonds is 3. The van der Waals surface area contributed by atoms with Gasteiger partial charge in [0.25, 0.3) is 11.7 Å². The quantitative estimate of drug-likeness (QED) is 0.847. The van der Waals surface area contributed by atoms with Crippen molar-refractivity contribution in [1.82, 2.24) is 0 Å². The number of likely N-dealkylation sites (N-methyl/N-ethyl adjacent to an activating group) is 1. The minimum atomic E-state index is -0.967. The van der Waals surface area contributed by atoms with Crippen LogP contribution in [0.3, 0.4) is 0 Å². The standard InChI is InChI=1S/C21H20N2O4/c1-11-4-6-13(7-5-11)16-14(10-15(24)25)12(2)18-19-17(16)20(26)21(27)23(19)9-8-22(18)3/h4-7H,8-10H2,1-3H3,(H,24,25). The van der Waals surface area contributed by atoms with E-state index in [1.807, 2.05) is 50.1 Å². The maximum atomic E-state index is 12.9. The van der Waals surface area contributed by atoms with Crippen LogP contribution in [0.5, 0.6) is 0 Å². The Hall–Kier alpha value is -3.15. The van der Waals surface area contributed by atoms with Gasteiger partial charge in [-0.2, -0.15) is 0 Å². The van der Waals surface area contributed by atoms with Crippen molar-refractivity contribution in [2.24, 2.45) is 0 Å². The Labute approximate surface area is 157 Å². The topological polar surface area (TPSA) is 77.9 Å². The van der Waals surface area contributed by atoms with Gasteiger partial charge in [0.05, 0.1) is 23.4 Å². The minimum absolute atomic E-state index is 0.204. The Balaban J connectivity index is 2.13. The smallest absolute Gasteiger partial charge is 0.307 e. The molecule has 6 nitrogen and oxygen atoms in total. The molecule has 2 heterocycles. The van der Waals surface area contributed by atoms with E-state index in [0.29, 0.717) is 35.5 Å². The molecule has 1 amide bonds. The summed E-state index contributed by atoms with van der Waals surface area (Å²) in [7, 11) is 1.91. The number of amides is 1. The molecule has 0 bridgehead atoms. The molecular weight excluding hydrogens is 344 g/mol. The Morgan fingerprint density at radius 3 is 2.33 bits per heavy atom. The predicted octanol–water partition coefficient (Wildman–Crippen LogP) is 2.58. The van der Waals surface area contributed by atoms with Gasteiger partial charge in [0.2, 0.25) is 0 Å². The second-order valence-corrected chi connectivity index (χ2v) is 7.19. The van der Waals surface area contributed by atoms with Crippen molar-refractivity contribution in [2.45, 2.75) is 20.3 Å². The van der Waals surface area contributed by atoms with Gasteiger partial charge in [-0.25, -0.2) is 0 Å². The number of carbonyl (C=O) groups is 3. The van der Waals surface area contributed by atoms with Crippen molar-refractivity contribution in [1.29, 1.82) is 0 Å². The summed E-state index contributed by atoms with van der Waals surface area (Å²) in [6, 6.07) is 7.61. The number of carbonyl (C=O) groups excluding carboxylic acids is 2. The monoisotopic (exact) mass is 364 g/mol. The third-order valence-corrected chi connectivity index (χ3v) is 5.47. The van der Waals surface area contributed by atoms with Gasteiger partial charge in [-0.05, 0) is 36.1 Å². The Bertz CT molecular complexity index is 1010. The van der Waals surface area contributed by atoms with E-state index in [1.165, 1.54) is 0 Å². The second kappa shape index (κ2) is 5.94. The molecule has 0 atom stereocenters. The van der Waals surface area contributed by atoms with Crippen molar-refractivity contribution in [3.05, 3.63) is 46.5 Å². The molecule has 138 valence electrons.